The van der Waals surface area contributed by atoms with Crippen molar-refractivity contribution in [2.24, 2.45) is 0 Å². The Labute approximate surface area is 227 Å². The summed E-state index contributed by atoms with van der Waals surface area (Å²) in [5, 5.41) is 3.42. The molecular formula is C32H33NO6. The summed E-state index contributed by atoms with van der Waals surface area (Å²) in [7, 11) is 0. The zero-order valence-corrected chi connectivity index (χ0v) is 22.5. The highest BCUT2D eigenvalue weighted by Crippen LogP contribution is 2.30. The second-order valence-electron chi connectivity index (χ2n) is 9.54. The Morgan fingerprint density at radius 1 is 0.897 bits per heavy atom. The van der Waals surface area contributed by atoms with Crippen molar-refractivity contribution in [3.8, 4) is 5.75 Å². The summed E-state index contributed by atoms with van der Waals surface area (Å²) in [6, 6.07) is 21.6. The Hall–Kier alpha value is -4.39. The maximum atomic E-state index is 13.1. The van der Waals surface area contributed by atoms with E-state index in [1.165, 1.54) is 0 Å². The Kier molecular flexibility index (Phi) is 9.15. The minimum absolute atomic E-state index is 0.0939. The van der Waals surface area contributed by atoms with Crippen molar-refractivity contribution in [2.75, 3.05) is 0 Å². The van der Waals surface area contributed by atoms with E-state index in [1.807, 2.05) is 74.5 Å². The van der Waals surface area contributed by atoms with Crippen molar-refractivity contribution in [3.05, 3.63) is 111 Å². The molecule has 0 radical (unpaired) electrons. The zero-order chi connectivity index (χ0) is 27.8. The number of carbonyl (C=O) groups is 2. The molecule has 1 heterocycles. The number of carbonyl (C=O) groups excluding carboxylic acids is 2. The van der Waals surface area contributed by atoms with Crippen LogP contribution in [-0.2, 0) is 22.6 Å². The van der Waals surface area contributed by atoms with Gasteiger partial charge in [-0.1, -0.05) is 80.4 Å². The number of esters is 1. The van der Waals surface area contributed by atoms with E-state index in [1.54, 1.807) is 19.1 Å². The summed E-state index contributed by atoms with van der Waals surface area (Å²) in [6.07, 6.45) is 1.73. The summed E-state index contributed by atoms with van der Waals surface area (Å²) in [4.78, 5) is 38.5. The molecule has 0 fully saturated rings. The average Bonchev–Trinajstić information content (AvgIpc) is 2.95. The van der Waals surface area contributed by atoms with Gasteiger partial charge in [-0.3, -0.25) is 0 Å². The van der Waals surface area contributed by atoms with Crippen LogP contribution >= 0.6 is 0 Å². The minimum atomic E-state index is -0.884. The molecule has 4 rings (SSSR count). The number of hydrogen-bond acceptors (Lipinski definition) is 6. The number of hydrogen-bond donors (Lipinski definition) is 1. The third kappa shape index (κ3) is 6.93. The van der Waals surface area contributed by atoms with Gasteiger partial charge in [0.1, 0.15) is 24.0 Å². The van der Waals surface area contributed by atoms with Crippen molar-refractivity contribution in [2.45, 2.75) is 59.1 Å². The molecule has 0 saturated carbocycles. The largest absolute Gasteiger partial charge is 0.445 e. The number of rotatable bonds is 10. The number of benzene rings is 3. The fourth-order valence-corrected chi connectivity index (χ4v) is 4.43. The van der Waals surface area contributed by atoms with Crippen LogP contribution in [0.3, 0.4) is 0 Å². The molecule has 3 aromatic carbocycles. The number of alkyl carbamates (subject to hydrolysis) is 1. The number of amides is 1. The van der Waals surface area contributed by atoms with E-state index in [-0.39, 0.29) is 12.4 Å². The van der Waals surface area contributed by atoms with E-state index in [4.69, 9.17) is 13.9 Å². The number of ether oxygens (including phenoxy) is 2. The summed E-state index contributed by atoms with van der Waals surface area (Å²) < 4.78 is 16.7. The lowest BCUT2D eigenvalue weighted by molar-refractivity contribution is -0.136. The van der Waals surface area contributed by atoms with Crippen molar-refractivity contribution in [3.63, 3.8) is 0 Å². The van der Waals surface area contributed by atoms with Gasteiger partial charge >= 0.3 is 17.7 Å². The van der Waals surface area contributed by atoms with Gasteiger partial charge in [0.25, 0.3) is 0 Å². The van der Waals surface area contributed by atoms with E-state index in [2.05, 4.69) is 5.32 Å². The van der Waals surface area contributed by atoms with E-state index < -0.39 is 23.7 Å². The molecule has 0 saturated heterocycles. The third-order valence-electron chi connectivity index (χ3n) is 6.72. The predicted molar refractivity (Wildman–Crippen MR) is 150 cm³/mol. The fraction of sp³-hybridized carbons (Fsp3) is 0.281. The van der Waals surface area contributed by atoms with Gasteiger partial charge in [-0.15, -0.1) is 0 Å². The minimum Gasteiger partial charge on any atom is -0.445 e. The quantitative estimate of drug-likeness (QED) is 0.146. The predicted octanol–water partition coefficient (Wildman–Crippen LogP) is 6.39. The van der Waals surface area contributed by atoms with Gasteiger partial charge in [0.2, 0.25) is 0 Å². The topological polar surface area (TPSA) is 94.8 Å². The van der Waals surface area contributed by atoms with Crippen LogP contribution in [0.2, 0.25) is 0 Å². The van der Waals surface area contributed by atoms with Crippen LogP contribution in [0.4, 0.5) is 4.79 Å². The van der Waals surface area contributed by atoms with E-state index in [9.17, 15) is 14.4 Å². The summed E-state index contributed by atoms with van der Waals surface area (Å²) in [5.74, 6) is -0.339. The third-order valence-corrected chi connectivity index (χ3v) is 6.72. The SMILES string of the molecule is CCCCC(NC(=O)OCc1ccccc1)C(=O)Oc1ccc2c(C)c(Cc3ccccc3)c(=O)oc2c1C. The first-order valence-corrected chi connectivity index (χ1v) is 13.2. The molecule has 0 aliphatic rings. The lowest BCUT2D eigenvalue weighted by atomic mass is 9.98. The molecule has 202 valence electrons. The van der Waals surface area contributed by atoms with Gasteiger partial charge in [0, 0.05) is 22.9 Å². The van der Waals surface area contributed by atoms with Gasteiger partial charge in [0.15, 0.2) is 0 Å². The smallest absolute Gasteiger partial charge is 0.408 e. The van der Waals surface area contributed by atoms with Crippen molar-refractivity contribution >= 4 is 23.0 Å². The highest BCUT2D eigenvalue weighted by atomic mass is 16.6. The molecule has 7 heteroatoms. The van der Waals surface area contributed by atoms with Gasteiger partial charge in [-0.25, -0.2) is 14.4 Å². The molecule has 1 aromatic heterocycles. The molecule has 1 N–H and O–H groups in total. The lowest BCUT2D eigenvalue weighted by Crippen LogP contribution is -2.43. The van der Waals surface area contributed by atoms with Crippen molar-refractivity contribution < 1.29 is 23.5 Å². The second kappa shape index (κ2) is 12.9. The van der Waals surface area contributed by atoms with Crippen LogP contribution in [-0.4, -0.2) is 18.1 Å². The van der Waals surface area contributed by atoms with Crippen LogP contribution in [0, 0.1) is 13.8 Å². The molecule has 1 amide bonds. The molecule has 1 unspecified atom stereocenters. The lowest BCUT2D eigenvalue weighted by Gasteiger charge is -2.18. The number of fused-ring (bicyclic) bond motifs is 1. The van der Waals surface area contributed by atoms with Gasteiger partial charge in [0.05, 0.1) is 0 Å². The first-order valence-electron chi connectivity index (χ1n) is 13.2. The summed E-state index contributed by atoms with van der Waals surface area (Å²) >= 11 is 0. The Morgan fingerprint density at radius 2 is 1.56 bits per heavy atom. The van der Waals surface area contributed by atoms with Crippen LogP contribution in [0.5, 0.6) is 5.75 Å². The summed E-state index contributed by atoms with van der Waals surface area (Å²) in [6.45, 7) is 5.73. The first kappa shape index (κ1) is 27.6. The normalized spacial score (nSPS) is 11.7. The van der Waals surface area contributed by atoms with Crippen LogP contribution in [0.25, 0.3) is 11.0 Å². The number of nitrogens with one attached hydrogen (secondary N) is 1. The monoisotopic (exact) mass is 527 g/mol. The van der Waals surface area contributed by atoms with Crippen molar-refractivity contribution in [1.82, 2.24) is 5.32 Å². The Bertz CT molecular complexity index is 1490. The fourth-order valence-electron chi connectivity index (χ4n) is 4.43. The maximum Gasteiger partial charge on any atom is 0.408 e. The number of unbranched alkanes of at least 4 members (excludes halogenated alkanes) is 1. The molecule has 0 spiro atoms. The van der Waals surface area contributed by atoms with Gasteiger partial charge in [-0.05, 0) is 49.1 Å². The van der Waals surface area contributed by atoms with E-state index in [0.29, 0.717) is 36.0 Å². The van der Waals surface area contributed by atoms with E-state index in [0.717, 1.165) is 28.5 Å². The molecule has 0 aliphatic carbocycles. The average molecular weight is 528 g/mol. The van der Waals surface area contributed by atoms with Gasteiger partial charge in [-0.2, -0.15) is 0 Å². The standard InChI is InChI=1S/C32H33NO6/c1-4-5-16-27(33-32(36)37-20-24-14-10-7-11-15-24)31(35)38-28-18-17-25-21(2)26(19-23-12-8-6-9-13-23)30(34)39-29(25)22(28)3/h6-15,17-18,27H,4-5,16,19-20H2,1-3H3,(H,33,36). The first-order chi connectivity index (χ1) is 18.9. The molecule has 0 bridgehead atoms. The highest BCUT2D eigenvalue weighted by Gasteiger charge is 2.25. The molecule has 1 atom stereocenters. The molecule has 4 aromatic rings. The molecule has 0 aliphatic heterocycles. The number of aryl methyl sites for hydroxylation is 2. The molecular weight excluding hydrogens is 494 g/mol. The van der Waals surface area contributed by atoms with Crippen molar-refractivity contribution in [1.29, 1.82) is 0 Å². The van der Waals surface area contributed by atoms with Crippen LogP contribution in [0.15, 0.2) is 82.0 Å². The Morgan fingerprint density at radius 3 is 2.23 bits per heavy atom. The Balaban J connectivity index is 1.51. The summed E-state index contributed by atoms with van der Waals surface area (Å²) in [5.41, 5.74) is 3.77. The zero-order valence-electron chi connectivity index (χ0n) is 22.5. The molecule has 39 heavy (non-hydrogen) atoms. The van der Waals surface area contributed by atoms with Crippen LogP contribution < -0.4 is 15.7 Å². The van der Waals surface area contributed by atoms with Crippen LogP contribution in [0.1, 0.15) is 54.0 Å². The maximum absolute atomic E-state index is 13.1. The van der Waals surface area contributed by atoms with E-state index >= 15 is 0 Å². The second-order valence-corrected chi connectivity index (χ2v) is 9.54. The molecule has 7 nitrogen and oxygen atoms in total. The van der Waals surface area contributed by atoms with Gasteiger partial charge < -0.3 is 19.2 Å². The highest BCUT2D eigenvalue weighted by molar-refractivity contribution is 5.88.